The van der Waals surface area contributed by atoms with E-state index in [1.54, 1.807) is 28.9 Å². The molecule has 0 amide bonds. The van der Waals surface area contributed by atoms with Crippen LogP contribution in [0.3, 0.4) is 0 Å². The summed E-state index contributed by atoms with van der Waals surface area (Å²) in [6.07, 6.45) is 0. The van der Waals surface area contributed by atoms with Crippen LogP contribution in [0.25, 0.3) is 0 Å². The van der Waals surface area contributed by atoms with Gasteiger partial charge in [-0.15, -0.1) is 0 Å². The number of anilines is 3. The van der Waals surface area contributed by atoms with E-state index in [0.29, 0.717) is 30.3 Å². The van der Waals surface area contributed by atoms with Crippen molar-refractivity contribution in [2.75, 3.05) is 16.8 Å². The maximum atomic E-state index is 9.30. The van der Waals surface area contributed by atoms with E-state index in [1.165, 1.54) is 5.56 Å². The zero-order valence-electron chi connectivity index (χ0n) is 13.5. The van der Waals surface area contributed by atoms with Crippen LogP contribution in [0, 0.1) is 6.92 Å². The van der Waals surface area contributed by atoms with Gasteiger partial charge in [0.2, 0.25) is 0 Å². The van der Waals surface area contributed by atoms with Gasteiger partial charge in [0.25, 0.3) is 0 Å². The highest BCUT2D eigenvalue weighted by Crippen LogP contribution is 2.22. The lowest BCUT2D eigenvalue weighted by molar-refractivity contribution is 0.475. The number of hydrogen-bond acceptors (Lipinski definition) is 5. The maximum Gasteiger partial charge on any atom is 0.145 e. The molecule has 0 unspecified atom stereocenters. The van der Waals surface area contributed by atoms with Gasteiger partial charge in [-0.2, -0.15) is 5.10 Å². The summed E-state index contributed by atoms with van der Waals surface area (Å²) in [7, 11) is 0. The molecule has 0 spiro atoms. The molecule has 0 atom stereocenters. The molecule has 0 fully saturated rings. The zero-order chi connectivity index (χ0) is 17.1. The first kappa shape index (κ1) is 15.7. The number of aromatic hydroxyl groups is 1. The second-order valence-electron chi connectivity index (χ2n) is 5.79. The number of phenolic OH excluding ortho intramolecular Hbond substituents is 1. The van der Waals surface area contributed by atoms with Crippen LogP contribution in [-0.2, 0) is 13.1 Å². The lowest BCUT2D eigenvalue weighted by Crippen LogP contribution is -2.07. The molecule has 0 radical (unpaired) electrons. The molecule has 2 aromatic carbocycles. The van der Waals surface area contributed by atoms with Gasteiger partial charge in [-0.1, -0.05) is 29.8 Å². The molecule has 0 aliphatic carbocycles. The molecule has 124 valence electrons. The summed E-state index contributed by atoms with van der Waals surface area (Å²) in [6.45, 7) is 3.09. The normalized spacial score (nSPS) is 10.7. The van der Waals surface area contributed by atoms with Crippen LogP contribution in [0.2, 0.25) is 0 Å². The Bertz CT molecular complexity index is 822. The number of nitrogens with two attached hydrogens (primary N) is 2. The minimum Gasteiger partial charge on any atom is -0.508 e. The molecule has 6 N–H and O–H groups in total. The number of benzene rings is 2. The number of aryl methyl sites for hydroxylation is 1. The highest BCUT2D eigenvalue weighted by Gasteiger charge is 2.13. The fourth-order valence-corrected chi connectivity index (χ4v) is 2.42. The molecule has 0 saturated heterocycles. The van der Waals surface area contributed by atoms with Gasteiger partial charge in [-0.25, -0.2) is 4.68 Å². The summed E-state index contributed by atoms with van der Waals surface area (Å²) >= 11 is 0. The van der Waals surface area contributed by atoms with Gasteiger partial charge in [-0.3, -0.25) is 0 Å². The van der Waals surface area contributed by atoms with Gasteiger partial charge in [0.1, 0.15) is 17.3 Å². The third-order valence-corrected chi connectivity index (χ3v) is 3.89. The Morgan fingerprint density at radius 2 is 1.71 bits per heavy atom. The highest BCUT2D eigenvalue weighted by molar-refractivity contribution is 5.63. The maximum absolute atomic E-state index is 9.30. The molecule has 0 bridgehead atoms. The van der Waals surface area contributed by atoms with Gasteiger partial charge >= 0.3 is 0 Å². The fraction of sp³-hybridized carbons (Fsp3) is 0.167. The Labute approximate surface area is 140 Å². The van der Waals surface area contributed by atoms with Crippen molar-refractivity contribution in [2.45, 2.75) is 20.0 Å². The molecule has 0 aliphatic rings. The minimum atomic E-state index is 0.228. The standard InChI is InChI=1S/C18H21N5O/c1-12-2-4-13(5-3-12)11-23-18(20)17(19)16(22-23)10-21-14-6-8-15(24)9-7-14/h2-9,21,24H,10-11,19-20H2,1H3. The third kappa shape index (κ3) is 3.43. The quantitative estimate of drug-likeness (QED) is 0.541. The van der Waals surface area contributed by atoms with E-state index in [4.69, 9.17) is 11.5 Å². The topological polar surface area (TPSA) is 102 Å². The first-order chi connectivity index (χ1) is 11.5. The molecule has 1 aromatic heterocycles. The minimum absolute atomic E-state index is 0.228. The fourth-order valence-electron chi connectivity index (χ4n) is 2.42. The molecule has 3 aromatic rings. The van der Waals surface area contributed by atoms with E-state index in [9.17, 15) is 5.11 Å². The smallest absolute Gasteiger partial charge is 0.145 e. The van der Waals surface area contributed by atoms with E-state index in [0.717, 1.165) is 11.3 Å². The summed E-state index contributed by atoms with van der Waals surface area (Å²) < 4.78 is 1.72. The molecule has 6 heteroatoms. The van der Waals surface area contributed by atoms with Crippen molar-refractivity contribution in [3.05, 3.63) is 65.4 Å². The summed E-state index contributed by atoms with van der Waals surface area (Å²) in [6, 6.07) is 15.1. The monoisotopic (exact) mass is 323 g/mol. The number of nitrogen functional groups attached to an aromatic ring is 2. The van der Waals surface area contributed by atoms with Gasteiger partial charge < -0.3 is 21.9 Å². The van der Waals surface area contributed by atoms with Crippen molar-refractivity contribution in [3.8, 4) is 5.75 Å². The average molecular weight is 323 g/mol. The van der Waals surface area contributed by atoms with Gasteiger partial charge in [0.05, 0.1) is 18.8 Å². The van der Waals surface area contributed by atoms with Crippen molar-refractivity contribution in [1.29, 1.82) is 0 Å². The van der Waals surface area contributed by atoms with Crippen LogP contribution < -0.4 is 16.8 Å². The molecular weight excluding hydrogens is 302 g/mol. The first-order valence-electron chi connectivity index (χ1n) is 7.72. The SMILES string of the molecule is Cc1ccc(Cn2nc(CNc3ccc(O)cc3)c(N)c2N)cc1. The van der Waals surface area contributed by atoms with Crippen LogP contribution in [0.1, 0.15) is 16.8 Å². The second-order valence-corrected chi connectivity index (χ2v) is 5.79. The predicted molar refractivity (Wildman–Crippen MR) is 96.8 cm³/mol. The van der Waals surface area contributed by atoms with E-state index in [1.807, 2.05) is 0 Å². The predicted octanol–water partition coefficient (Wildman–Crippen LogP) is 2.72. The van der Waals surface area contributed by atoms with Crippen molar-refractivity contribution in [2.24, 2.45) is 0 Å². The van der Waals surface area contributed by atoms with Gasteiger partial charge in [0, 0.05) is 5.69 Å². The first-order valence-corrected chi connectivity index (χ1v) is 7.72. The van der Waals surface area contributed by atoms with Gasteiger partial charge in [0.15, 0.2) is 0 Å². The second kappa shape index (κ2) is 6.54. The Kier molecular flexibility index (Phi) is 4.29. The summed E-state index contributed by atoms with van der Waals surface area (Å²) in [5.74, 6) is 0.699. The van der Waals surface area contributed by atoms with E-state index in [-0.39, 0.29) is 5.75 Å². The molecule has 0 saturated carbocycles. The lowest BCUT2D eigenvalue weighted by atomic mass is 10.1. The zero-order valence-corrected chi connectivity index (χ0v) is 13.5. The van der Waals surface area contributed by atoms with Crippen LogP contribution in [0.5, 0.6) is 5.75 Å². The molecule has 1 heterocycles. The Hall–Kier alpha value is -3.15. The molecule has 3 rings (SSSR count). The highest BCUT2D eigenvalue weighted by atomic mass is 16.3. The van der Waals surface area contributed by atoms with Crippen LogP contribution >= 0.6 is 0 Å². The van der Waals surface area contributed by atoms with E-state index < -0.39 is 0 Å². The van der Waals surface area contributed by atoms with Crippen LogP contribution in [0.15, 0.2) is 48.5 Å². The van der Waals surface area contributed by atoms with Crippen molar-refractivity contribution >= 4 is 17.2 Å². The summed E-state index contributed by atoms with van der Waals surface area (Å²) in [4.78, 5) is 0. The number of phenols is 1. The van der Waals surface area contributed by atoms with Gasteiger partial charge in [-0.05, 0) is 36.8 Å². The average Bonchev–Trinajstić information content (AvgIpc) is 2.84. The number of rotatable bonds is 5. The third-order valence-electron chi connectivity index (χ3n) is 3.89. The molecular formula is C18H21N5O. The molecule has 6 nitrogen and oxygen atoms in total. The van der Waals surface area contributed by atoms with Crippen molar-refractivity contribution < 1.29 is 5.11 Å². The Morgan fingerprint density at radius 1 is 1.04 bits per heavy atom. The number of nitrogens with zero attached hydrogens (tertiary/aromatic N) is 2. The Morgan fingerprint density at radius 3 is 2.38 bits per heavy atom. The largest absolute Gasteiger partial charge is 0.508 e. The number of hydrogen-bond donors (Lipinski definition) is 4. The number of nitrogens with one attached hydrogen (secondary N) is 1. The number of aromatic nitrogens is 2. The van der Waals surface area contributed by atoms with Crippen LogP contribution in [0.4, 0.5) is 17.2 Å². The van der Waals surface area contributed by atoms with Crippen molar-refractivity contribution in [1.82, 2.24) is 9.78 Å². The summed E-state index contributed by atoms with van der Waals surface area (Å²) in [5.41, 5.74) is 16.6. The lowest BCUT2D eigenvalue weighted by Gasteiger charge is -2.05. The van der Waals surface area contributed by atoms with Crippen molar-refractivity contribution in [3.63, 3.8) is 0 Å². The molecule has 0 aliphatic heterocycles. The van der Waals surface area contributed by atoms with Crippen LogP contribution in [-0.4, -0.2) is 14.9 Å². The Balaban J connectivity index is 1.73. The molecule has 24 heavy (non-hydrogen) atoms. The van der Waals surface area contributed by atoms with E-state index in [2.05, 4.69) is 41.6 Å². The summed E-state index contributed by atoms with van der Waals surface area (Å²) in [5, 5.41) is 17.0. The van der Waals surface area contributed by atoms with E-state index >= 15 is 0 Å².